The van der Waals surface area contributed by atoms with Gasteiger partial charge in [0.2, 0.25) is 0 Å². The molecule has 1 saturated carbocycles. The zero-order valence-electron chi connectivity index (χ0n) is 13.5. The molecule has 0 unspecified atom stereocenters. The molecule has 5 heteroatoms. The Bertz CT molecular complexity index is 708. The van der Waals surface area contributed by atoms with Gasteiger partial charge in [-0.05, 0) is 44.7 Å². The van der Waals surface area contributed by atoms with E-state index in [4.69, 9.17) is 0 Å². The van der Waals surface area contributed by atoms with E-state index >= 15 is 0 Å². The minimum atomic E-state index is 0.163. The molecule has 0 aliphatic heterocycles. The Labute approximate surface area is 135 Å². The highest BCUT2D eigenvalue weighted by Gasteiger charge is 2.29. The van der Waals surface area contributed by atoms with Gasteiger partial charge in [0.05, 0.1) is 5.75 Å². The van der Waals surface area contributed by atoms with Gasteiger partial charge in [0.25, 0.3) is 0 Å². The van der Waals surface area contributed by atoms with Crippen LogP contribution in [0.15, 0.2) is 17.3 Å². The van der Waals surface area contributed by atoms with E-state index in [-0.39, 0.29) is 5.78 Å². The van der Waals surface area contributed by atoms with E-state index in [9.17, 15) is 4.79 Å². The molecular formula is C17H21N3OS. The van der Waals surface area contributed by atoms with E-state index < -0.39 is 0 Å². The number of hydrogen-bond acceptors (Lipinski definition) is 4. The van der Waals surface area contributed by atoms with Crippen LogP contribution >= 0.6 is 11.8 Å². The average Bonchev–Trinajstić information content (AvgIpc) is 3.20. The lowest BCUT2D eigenvalue weighted by Gasteiger charge is -2.10. The zero-order valence-corrected chi connectivity index (χ0v) is 14.3. The lowest BCUT2D eigenvalue weighted by Crippen LogP contribution is -2.08. The van der Waals surface area contributed by atoms with Crippen LogP contribution in [0.25, 0.3) is 0 Å². The highest BCUT2D eigenvalue weighted by molar-refractivity contribution is 7.99. The van der Waals surface area contributed by atoms with Crippen LogP contribution in [0.2, 0.25) is 0 Å². The normalized spacial score (nSPS) is 14.4. The Balaban J connectivity index is 1.73. The quantitative estimate of drug-likeness (QED) is 0.625. The summed E-state index contributed by atoms with van der Waals surface area (Å²) in [6, 6.07) is 4.14. The standard InChI is InChI=1S/C17H21N3OS/c1-10-7-11(2)15(12(3)8-10)14(21)9-22-17-19-18-16(20(17)4)13-5-6-13/h7-8,13H,5-6,9H2,1-4H3. The fourth-order valence-electron chi connectivity index (χ4n) is 2.97. The number of nitrogens with zero attached hydrogens (tertiary/aromatic N) is 3. The first kappa shape index (κ1) is 15.3. The van der Waals surface area contributed by atoms with Crippen molar-refractivity contribution in [1.29, 1.82) is 0 Å². The summed E-state index contributed by atoms with van der Waals surface area (Å²) in [5.41, 5.74) is 4.16. The third kappa shape index (κ3) is 2.95. The number of aromatic nitrogens is 3. The summed E-state index contributed by atoms with van der Waals surface area (Å²) in [5.74, 6) is 2.19. The van der Waals surface area contributed by atoms with Gasteiger partial charge in [0, 0.05) is 18.5 Å². The Morgan fingerprint density at radius 2 is 1.86 bits per heavy atom. The van der Waals surface area contributed by atoms with Crippen LogP contribution in [-0.2, 0) is 7.05 Å². The second kappa shape index (κ2) is 5.88. The van der Waals surface area contributed by atoms with Crippen LogP contribution in [0.4, 0.5) is 0 Å². The number of carbonyl (C=O) groups is 1. The maximum atomic E-state index is 12.6. The van der Waals surface area contributed by atoms with Crippen molar-refractivity contribution in [1.82, 2.24) is 14.8 Å². The summed E-state index contributed by atoms with van der Waals surface area (Å²) in [5, 5.41) is 9.31. The highest BCUT2D eigenvalue weighted by Crippen LogP contribution is 2.39. The van der Waals surface area contributed by atoms with Crippen LogP contribution in [0.5, 0.6) is 0 Å². The van der Waals surface area contributed by atoms with Crippen molar-refractivity contribution < 1.29 is 4.79 Å². The largest absolute Gasteiger partial charge is 0.309 e. The Morgan fingerprint density at radius 1 is 1.23 bits per heavy atom. The van der Waals surface area contributed by atoms with Gasteiger partial charge >= 0.3 is 0 Å². The highest BCUT2D eigenvalue weighted by atomic mass is 32.2. The molecule has 1 aliphatic rings. The predicted molar refractivity (Wildman–Crippen MR) is 88.7 cm³/mol. The van der Waals surface area contributed by atoms with Gasteiger partial charge in [0.15, 0.2) is 10.9 Å². The van der Waals surface area contributed by atoms with Crippen molar-refractivity contribution >= 4 is 17.5 Å². The lowest BCUT2D eigenvalue weighted by molar-refractivity contribution is 0.102. The molecule has 4 nitrogen and oxygen atoms in total. The summed E-state index contributed by atoms with van der Waals surface area (Å²) >= 11 is 1.48. The monoisotopic (exact) mass is 315 g/mol. The molecule has 1 aromatic heterocycles. The minimum Gasteiger partial charge on any atom is -0.309 e. The predicted octanol–water partition coefficient (Wildman–Crippen LogP) is 3.59. The fourth-order valence-corrected chi connectivity index (χ4v) is 3.76. The van der Waals surface area contributed by atoms with E-state index in [2.05, 4.69) is 29.3 Å². The number of hydrogen-bond donors (Lipinski definition) is 0. The van der Waals surface area contributed by atoms with Crippen molar-refractivity contribution in [2.45, 2.75) is 44.7 Å². The minimum absolute atomic E-state index is 0.163. The van der Waals surface area contributed by atoms with Gasteiger partial charge in [-0.15, -0.1) is 10.2 Å². The molecule has 0 amide bonds. The maximum absolute atomic E-state index is 12.6. The molecule has 1 aromatic carbocycles. The van der Waals surface area contributed by atoms with Crippen LogP contribution in [0, 0.1) is 20.8 Å². The average molecular weight is 315 g/mol. The molecule has 0 N–H and O–H groups in total. The van der Waals surface area contributed by atoms with Gasteiger partial charge in [-0.25, -0.2) is 0 Å². The lowest BCUT2D eigenvalue weighted by atomic mass is 9.97. The smallest absolute Gasteiger partial charge is 0.191 e. The molecule has 0 spiro atoms. The molecule has 0 atom stereocenters. The number of aryl methyl sites for hydroxylation is 3. The number of Topliss-reactive ketones (excluding diaryl/α,β-unsaturated/α-hetero) is 1. The summed E-state index contributed by atoms with van der Waals surface area (Å²) in [6.45, 7) is 6.07. The second-order valence-electron chi connectivity index (χ2n) is 6.16. The molecule has 0 radical (unpaired) electrons. The first-order chi connectivity index (χ1) is 10.5. The molecule has 1 fully saturated rings. The van der Waals surface area contributed by atoms with Crippen molar-refractivity contribution in [3.05, 3.63) is 40.2 Å². The Morgan fingerprint density at radius 3 is 2.45 bits per heavy atom. The summed E-state index contributed by atoms with van der Waals surface area (Å²) in [7, 11) is 1.99. The molecule has 3 rings (SSSR count). The third-order valence-corrected chi connectivity index (χ3v) is 5.12. The molecule has 1 heterocycles. The van der Waals surface area contributed by atoms with Crippen LogP contribution in [0.1, 0.15) is 51.6 Å². The van der Waals surface area contributed by atoms with E-state index in [1.807, 2.05) is 25.5 Å². The molecule has 22 heavy (non-hydrogen) atoms. The molecule has 1 aliphatic carbocycles. The number of thioether (sulfide) groups is 1. The van der Waals surface area contributed by atoms with Crippen molar-refractivity contribution in [3.8, 4) is 0 Å². The first-order valence-corrected chi connectivity index (χ1v) is 8.59. The van der Waals surface area contributed by atoms with E-state index in [1.54, 1.807) is 0 Å². The Kier molecular flexibility index (Phi) is 4.08. The third-order valence-electron chi connectivity index (χ3n) is 4.10. The van der Waals surface area contributed by atoms with E-state index in [0.29, 0.717) is 11.7 Å². The molecule has 0 saturated heterocycles. The number of ketones is 1. The maximum Gasteiger partial charge on any atom is 0.191 e. The van der Waals surface area contributed by atoms with Crippen LogP contribution in [0.3, 0.4) is 0 Å². The van der Waals surface area contributed by atoms with Gasteiger partial charge in [-0.2, -0.15) is 0 Å². The van der Waals surface area contributed by atoms with E-state index in [1.165, 1.54) is 30.2 Å². The number of carbonyl (C=O) groups excluding carboxylic acids is 1. The first-order valence-electron chi connectivity index (χ1n) is 7.60. The van der Waals surface area contributed by atoms with Gasteiger partial charge < -0.3 is 4.57 Å². The van der Waals surface area contributed by atoms with Crippen molar-refractivity contribution in [3.63, 3.8) is 0 Å². The van der Waals surface area contributed by atoms with Crippen LogP contribution < -0.4 is 0 Å². The SMILES string of the molecule is Cc1cc(C)c(C(=O)CSc2nnc(C3CC3)n2C)c(C)c1. The van der Waals surface area contributed by atoms with Gasteiger partial charge in [-0.3, -0.25) is 4.79 Å². The van der Waals surface area contributed by atoms with Gasteiger partial charge in [0.1, 0.15) is 5.82 Å². The number of rotatable bonds is 5. The van der Waals surface area contributed by atoms with Crippen LogP contribution in [-0.4, -0.2) is 26.3 Å². The molecular weight excluding hydrogens is 294 g/mol. The summed E-state index contributed by atoms with van der Waals surface area (Å²) < 4.78 is 2.03. The second-order valence-corrected chi connectivity index (χ2v) is 7.10. The zero-order chi connectivity index (χ0) is 15.9. The molecule has 2 aromatic rings. The molecule has 0 bridgehead atoms. The summed E-state index contributed by atoms with van der Waals surface area (Å²) in [6.07, 6.45) is 2.41. The van der Waals surface area contributed by atoms with Crippen molar-refractivity contribution in [2.75, 3.05) is 5.75 Å². The summed E-state index contributed by atoms with van der Waals surface area (Å²) in [4.78, 5) is 12.6. The van der Waals surface area contributed by atoms with Gasteiger partial charge in [-0.1, -0.05) is 29.5 Å². The Hall–Kier alpha value is -1.62. The number of benzene rings is 1. The molecule has 116 valence electrons. The van der Waals surface area contributed by atoms with Crippen molar-refractivity contribution in [2.24, 2.45) is 7.05 Å². The van der Waals surface area contributed by atoms with E-state index in [0.717, 1.165) is 27.7 Å². The topological polar surface area (TPSA) is 47.8 Å². The fraction of sp³-hybridized carbons (Fsp3) is 0.471.